The molecular formula is C16H23F2N3O2. The number of piperidine rings is 1. The van der Waals surface area contributed by atoms with Crippen molar-refractivity contribution in [3.05, 3.63) is 24.5 Å². The van der Waals surface area contributed by atoms with Crippen molar-refractivity contribution >= 4 is 11.8 Å². The van der Waals surface area contributed by atoms with E-state index in [1.54, 1.807) is 45.3 Å². The van der Waals surface area contributed by atoms with E-state index in [4.69, 9.17) is 4.74 Å². The molecule has 7 heteroatoms. The van der Waals surface area contributed by atoms with Crippen molar-refractivity contribution in [3.8, 4) is 0 Å². The Labute approximate surface area is 135 Å². The van der Waals surface area contributed by atoms with E-state index in [-0.39, 0.29) is 19.5 Å². The highest BCUT2D eigenvalue weighted by atomic mass is 19.3. The van der Waals surface area contributed by atoms with E-state index in [9.17, 15) is 13.6 Å². The van der Waals surface area contributed by atoms with Gasteiger partial charge in [-0.05, 0) is 39.3 Å². The normalized spacial score (nSPS) is 20.9. The van der Waals surface area contributed by atoms with Crippen molar-refractivity contribution in [3.63, 3.8) is 0 Å². The van der Waals surface area contributed by atoms with E-state index in [1.807, 2.05) is 0 Å². The maximum atomic E-state index is 14.3. The second-order valence-corrected chi connectivity index (χ2v) is 6.77. The van der Waals surface area contributed by atoms with Crippen molar-refractivity contribution in [2.45, 2.75) is 38.7 Å². The van der Waals surface area contributed by atoms with Crippen LogP contribution in [-0.4, -0.2) is 47.1 Å². The van der Waals surface area contributed by atoms with Crippen LogP contribution in [0, 0.1) is 5.92 Å². The molecule has 2 rings (SSSR count). The predicted molar refractivity (Wildman–Crippen MR) is 83.6 cm³/mol. The molecule has 1 saturated heterocycles. The van der Waals surface area contributed by atoms with Gasteiger partial charge in [0.1, 0.15) is 5.60 Å². The summed E-state index contributed by atoms with van der Waals surface area (Å²) >= 11 is 0. The molecule has 1 fully saturated rings. The first-order valence-electron chi connectivity index (χ1n) is 7.67. The first-order chi connectivity index (χ1) is 10.7. The lowest BCUT2D eigenvalue weighted by molar-refractivity contribution is -0.106. The molecule has 1 aliphatic heterocycles. The van der Waals surface area contributed by atoms with E-state index in [1.165, 1.54) is 0 Å². The average Bonchev–Trinajstić information content (AvgIpc) is 2.44. The molecule has 1 amide bonds. The maximum absolute atomic E-state index is 14.3. The van der Waals surface area contributed by atoms with E-state index < -0.39 is 30.1 Å². The zero-order valence-corrected chi connectivity index (χ0v) is 13.7. The smallest absolute Gasteiger partial charge is 0.410 e. The summed E-state index contributed by atoms with van der Waals surface area (Å²) in [6.07, 6.45) is 2.75. The van der Waals surface area contributed by atoms with Gasteiger partial charge in [-0.2, -0.15) is 0 Å². The van der Waals surface area contributed by atoms with Gasteiger partial charge in [-0.25, -0.2) is 13.6 Å². The van der Waals surface area contributed by atoms with Gasteiger partial charge in [0.05, 0.1) is 6.54 Å². The molecule has 1 N–H and O–H groups in total. The van der Waals surface area contributed by atoms with Crippen LogP contribution in [0.5, 0.6) is 0 Å². The molecule has 0 radical (unpaired) electrons. The molecule has 5 nitrogen and oxygen atoms in total. The number of alkyl halides is 2. The third-order valence-electron chi connectivity index (χ3n) is 3.63. The number of anilines is 1. The fraction of sp³-hybridized carbons (Fsp3) is 0.625. The summed E-state index contributed by atoms with van der Waals surface area (Å²) in [6, 6.07) is 3.46. The number of rotatable bonds is 3. The van der Waals surface area contributed by atoms with E-state index in [0.717, 1.165) is 10.6 Å². The lowest BCUT2D eigenvalue weighted by Gasteiger charge is -2.38. The van der Waals surface area contributed by atoms with Gasteiger partial charge >= 0.3 is 6.09 Å². The van der Waals surface area contributed by atoms with Crippen LogP contribution < -0.4 is 5.32 Å². The molecule has 0 spiro atoms. The third kappa shape index (κ3) is 5.04. The second kappa shape index (κ2) is 6.68. The Morgan fingerprint density at radius 1 is 1.43 bits per heavy atom. The number of carbonyl (C=O) groups excluding carboxylic acids is 1. The molecule has 0 bridgehead atoms. The summed E-state index contributed by atoms with van der Waals surface area (Å²) in [5.74, 6) is -3.77. The van der Waals surface area contributed by atoms with Gasteiger partial charge < -0.3 is 15.0 Å². The molecule has 1 aliphatic rings. The van der Waals surface area contributed by atoms with Gasteiger partial charge in [-0.15, -0.1) is 0 Å². The summed E-state index contributed by atoms with van der Waals surface area (Å²) in [7, 11) is 0. The van der Waals surface area contributed by atoms with Gasteiger partial charge in [-0.1, -0.05) is 0 Å². The average molecular weight is 327 g/mol. The van der Waals surface area contributed by atoms with Gasteiger partial charge in [0.2, 0.25) is 0 Å². The van der Waals surface area contributed by atoms with Crippen LogP contribution >= 0.6 is 0 Å². The minimum Gasteiger partial charge on any atom is -0.444 e. The second-order valence-electron chi connectivity index (χ2n) is 6.77. The molecule has 0 saturated carbocycles. The largest absolute Gasteiger partial charge is 0.444 e. The van der Waals surface area contributed by atoms with Crippen LogP contribution in [0.2, 0.25) is 0 Å². The van der Waals surface area contributed by atoms with Crippen LogP contribution in [-0.2, 0) is 4.74 Å². The van der Waals surface area contributed by atoms with Crippen LogP contribution in [0.15, 0.2) is 24.5 Å². The van der Waals surface area contributed by atoms with Crippen LogP contribution in [0.4, 0.5) is 19.3 Å². The molecule has 1 atom stereocenters. The molecule has 2 heterocycles. The number of halogens is 2. The first kappa shape index (κ1) is 17.4. The molecule has 128 valence electrons. The van der Waals surface area contributed by atoms with Gasteiger partial charge in [0.15, 0.2) is 0 Å². The Morgan fingerprint density at radius 2 is 2.09 bits per heavy atom. The quantitative estimate of drug-likeness (QED) is 0.924. The van der Waals surface area contributed by atoms with E-state index in [0.29, 0.717) is 0 Å². The Kier molecular flexibility index (Phi) is 5.06. The number of amides is 1. The molecule has 23 heavy (non-hydrogen) atoms. The fourth-order valence-electron chi connectivity index (χ4n) is 2.43. The molecule has 1 aromatic rings. The lowest BCUT2D eigenvalue weighted by atomic mass is 9.93. The zero-order chi connectivity index (χ0) is 17.1. The Morgan fingerprint density at radius 3 is 2.65 bits per heavy atom. The minimum atomic E-state index is -2.95. The molecular weight excluding hydrogens is 304 g/mol. The predicted octanol–water partition coefficient (Wildman–Crippen LogP) is 3.39. The van der Waals surface area contributed by atoms with Crippen LogP contribution in [0.3, 0.4) is 0 Å². The number of aromatic nitrogens is 1. The first-order valence-corrected chi connectivity index (χ1v) is 7.67. The van der Waals surface area contributed by atoms with Crippen molar-refractivity contribution in [2.75, 3.05) is 25.0 Å². The van der Waals surface area contributed by atoms with Crippen molar-refractivity contribution in [1.29, 1.82) is 0 Å². The number of hydrogen-bond acceptors (Lipinski definition) is 4. The van der Waals surface area contributed by atoms with E-state index in [2.05, 4.69) is 10.3 Å². The number of likely N-dealkylation sites (tertiary alicyclic amines) is 1. The van der Waals surface area contributed by atoms with Gasteiger partial charge in [0.25, 0.3) is 5.92 Å². The van der Waals surface area contributed by atoms with Crippen LogP contribution in [0.25, 0.3) is 0 Å². The van der Waals surface area contributed by atoms with Crippen molar-refractivity contribution in [2.24, 2.45) is 5.92 Å². The molecule has 0 aromatic carbocycles. The molecule has 0 unspecified atom stereocenters. The van der Waals surface area contributed by atoms with Gasteiger partial charge in [0, 0.05) is 37.1 Å². The Bertz CT molecular complexity index is 532. The highest BCUT2D eigenvalue weighted by Crippen LogP contribution is 2.33. The summed E-state index contributed by atoms with van der Waals surface area (Å²) < 4.78 is 33.8. The third-order valence-corrected chi connectivity index (χ3v) is 3.63. The molecule has 1 aromatic heterocycles. The number of nitrogens with zero attached hydrogens (tertiary/aromatic N) is 2. The molecule has 0 aliphatic carbocycles. The van der Waals surface area contributed by atoms with Crippen LogP contribution in [0.1, 0.15) is 27.2 Å². The Balaban J connectivity index is 1.91. The number of nitrogens with one attached hydrogen (secondary N) is 1. The maximum Gasteiger partial charge on any atom is 0.410 e. The monoisotopic (exact) mass is 327 g/mol. The number of ether oxygens (including phenoxy) is 1. The highest BCUT2D eigenvalue weighted by molar-refractivity contribution is 5.68. The highest BCUT2D eigenvalue weighted by Gasteiger charge is 2.46. The number of pyridine rings is 1. The van der Waals surface area contributed by atoms with Gasteiger partial charge in [-0.3, -0.25) is 4.98 Å². The van der Waals surface area contributed by atoms with Crippen molar-refractivity contribution in [1.82, 2.24) is 9.88 Å². The number of hydrogen-bond donors (Lipinski definition) is 1. The number of carbonyl (C=O) groups is 1. The fourth-order valence-corrected chi connectivity index (χ4v) is 2.43. The zero-order valence-electron chi connectivity index (χ0n) is 13.7. The summed E-state index contributed by atoms with van der Waals surface area (Å²) in [4.78, 5) is 16.9. The van der Waals surface area contributed by atoms with Crippen molar-refractivity contribution < 1.29 is 18.3 Å². The topological polar surface area (TPSA) is 54.5 Å². The summed E-state index contributed by atoms with van der Waals surface area (Å²) in [5, 5.41) is 3.00. The minimum absolute atomic E-state index is 0.152. The lowest BCUT2D eigenvalue weighted by Crippen LogP contribution is -2.53. The SMILES string of the molecule is CC(C)(C)OC(=O)N1CC[C@H](CNc2ccncc2)C(F)(F)C1. The standard InChI is InChI=1S/C16H23F2N3O2/c1-15(2,3)23-14(22)21-9-6-12(16(17,18)11-21)10-20-13-4-7-19-8-5-13/h4-5,7-8,12H,6,9-11H2,1-3H3,(H,19,20)/t12-/m1/s1. The van der Waals surface area contributed by atoms with E-state index >= 15 is 0 Å². The Hall–Kier alpha value is -1.92. The summed E-state index contributed by atoms with van der Waals surface area (Å²) in [5.41, 5.74) is 0.0666. The summed E-state index contributed by atoms with van der Waals surface area (Å²) in [6.45, 7) is 4.97.